The molecule has 0 aromatic carbocycles. The van der Waals surface area contributed by atoms with Gasteiger partial charge in [0.1, 0.15) is 11.3 Å². The number of rotatable bonds is 2. The van der Waals surface area contributed by atoms with Gasteiger partial charge in [0, 0.05) is 25.3 Å². The molecule has 6 heteroatoms. The predicted octanol–water partition coefficient (Wildman–Crippen LogP) is 3.03. The fraction of sp³-hybridized carbons (Fsp3) is 0.611. The lowest BCUT2D eigenvalue weighted by molar-refractivity contribution is 0.199. The molecule has 2 amide bonds. The van der Waals surface area contributed by atoms with Crippen molar-refractivity contribution in [1.29, 1.82) is 0 Å². The summed E-state index contributed by atoms with van der Waals surface area (Å²) in [4.78, 5) is 23.6. The minimum Gasteiger partial charge on any atom is -0.335 e. The molecule has 1 N–H and O–H groups in total. The molecular formula is C18H25N5O. The van der Waals surface area contributed by atoms with Crippen LogP contribution < -0.4 is 5.32 Å². The van der Waals surface area contributed by atoms with Crippen molar-refractivity contribution in [3.63, 3.8) is 0 Å². The Morgan fingerprint density at radius 2 is 2.08 bits per heavy atom. The van der Waals surface area contributed by atoms with Gasteiger partial charge in [0.15, 0.2) is 5.65 Å². The van der Waals surface area contributed by atoms with Crippen molar-refractivity contribution < 1.29 is 4.79 Å². The molecule has 1 aliphatic heterocycles. The SMILES string of the molecule is Cc1nc2cccnc2n1[C@H]1CCN(C(=O)NC2CCCCC2)C1. The summed E-state index contributed by atoms with van der Waals surface area (Å²) in [5.41, 5.74) is 1.86. The van der Waals surface area contributed by atoms with Gasteiger partial charge in [-0.15, -0.1) is 0 Å². The Kier molecular flexibility index (Phi) is 4.12. The average Bonchev–Trinajstić information content (AvgIpc) is 3.19. The normalized spacial score (nSPS) is 22.2. The van der Waals surface area contributed by atoms with Crippen LogP contribution in [-0.2, 0) is 0 Å². The molecule has 3 heterocycles. The lowest BCUT2D eigenvalue weighted by atomic mass is 9.96. The number of likely N-dealkylation sites (tertiary alicyclic amines) is 1. The van der Waals surface area contributed by atoms with Gasteiger partial charge in [0.05, 0.1) is 6.04 Å². The van der Waals surface area contributed by atoms with Crippen molar-refractivity contribution >= 4 is 17.2 Å². The first-order valence-electron chi connectivity index (χ1n) is 9.07. The molecule has 0 radical (unpaired) electrons. The molecule has 2 aromatic heterocycles. The summed E-state index contributed by atoms with van der Waals surface area (Å²) in [5.74, 6) is 0.975. The van der Waals surface area contributed by atoms with E-state index in [-0.39, 0.29) is 12.1 Å². The van der Waals surface area contributed by atoms with Crippen molar-refractivity contribution in [3.05, 3.63) is 24.2 Å². The number of imidazole rings is 1. The molecule has 128 valence electrons. The molecule has 1 saturated heterocycles. The molecule has 4 rings (SSSR count). The van der Waals surface area contributed by atoms with Gasteiger partial charge in [-0.2, -0.15) is 0 Å². The number of aryl methyl sites for hydroxylation is 1. The third-order valence-electron chi connectivity index (χ3n) is 5.37. The highest BCUT2D eigenvalue weighted by Gasteiger charge is 2.30. The summed E-state index contributed by atoms with van der Waals surface area (Å²) >= 11 is 0. The number of aromatic nitrogens is 3. The van der Waals surface area contributed by atoms with Crippen molar-refractivity contribution in [3.8, 4) is 0 Å². The summed E-state index contributed by atoms with van der Waals surface area (Å²) < 4.78 is 2.20. The minimum atomic E-state index is 0.0967. The molecule has 1 aliphatic carbocycles. The lowest BCUT2D eigenvalue weighted by Gasteiger charge is -2.26. The van der Waals surface area contributed by atoms with E-state index in [0.717, 1.165) is 49.3 Å². The van der Waals surface area contributed by atoms with Gasteiger partial charge >= 0.3 is 6.03 Å². The molecule has 6 nitrogen and oxygen atoms in total. The van der Waals surface area contributed by atoms with Gasteiger partial charge in [0.2, 0.25) is 0 Å². The molecule has 0 bridgehead atoms. The monoisotopic (exact) mass is 327 g/mol. The van der Waals surface area contributed by atoms with Crippen LogP contribution in [0.1, 0.15) is 50.4 Å². The van der Waals surface area contributed by atoms with Crippen LogP contribution in [0.25, 0.3) is 11.2 Å². The summed E-state index contributed by atoms with van der Waals surface area (Å²) in [5, 5.41) is 3.22. The molecular weight excluding hydrogens is 302 g/mol. The van der Waals surface area contributed by atoms with Crippen LogP contribution in [0, 0.1) is 6.92 Å². The van der Waals surface area contributed by atoms with Crippen molar-refractivity contribution in [2.24, 2.45) is 0 Å². The summed E-state index contributed by atoms with van der Waals surface area (Å²) in [6, 6.07) is 4.63. The highest BCUT2D eigenvalue weighted by Crippen LogP contribution is 2.27. The second-order valence-electron chi connectivity index (χ2n) is 7.05. The van der Waals surface area contributed by atoms with E-state index in [1.54, 1.807) is 0 Å². The van der Waals surface area contributed by atoms with E-state index in [1.165, 1.54) is 19.3 Å². The van der Waals surface area contributed by atoms with Crippen LogP contribution in [0.3, 0.4) is 0 Å². The number of nitrogens with zero attached hydrogens (tertiary/aromatic N) is 4. The van der Waals surface area contributed by atoms with Gasteiger partial charge in [-0.3, -0.25) is 0 Å². The maximum absolute atomic E-state index is 12.6. The zero-order chi connectivity index (χ0) is 16.5. The topological polar surface area (TPSA) is 63.1 Å². The zero-order valence-electron chi connectivity index (χ0n) is 14.2. The van der Waals surface area contributed by atoms with Crippen LogP contribution in [-0.4, -0.2) is 44.6 Å². The summed E-state index contributed by atoms with van der Waals surface area (Å²) in [6.45, 7) is 3.56. The Morgan fingerprint density at radius 3 is 2.92 bits per heavy atom. The quantitative estimate of drug-likeness (QED) is 0.922. The largest absolute Gasteiger partial charge is 0.335 e. The second-order valence-corrected chi connectivity index (χ2v) is 7.05. The fourth-order valence-corrected chi connectivity index (χ4v) is 4.13. The molecule has 1 saturated carbocycles. The highest BCUT2D eigenvalue weighted by atomic mass is 16.2. The van der Waals surface area contributed by atoms with Crippen LogP contribution in [0.4, 0.5) is 4.79 Å². The van der Waals surface area contributed by atoms with Gasteiger partial charge in [-0.25, -0.2) is 14.8 Å². The third kappa shape index (κ3) is 2.85. The number of nitrogens with one attached hydrogen (secondary N) is 1. The standard InChI is InChI=1S/C18H25N5O/c1-13-20-16-8-5-10-19-17(16)23(13)15-9-11-22(12-15)18(24)21-14-6-3-2-4-7-14/h5,8,10,14-15H,2-4,6-7,9,11-12H2,1H3,(H,21,24)/t15-/m0/s1. The van der Waals surface area contributed by atoms with E-state index in [2.05, 4.69) is 19.9 Å². The van der Waals surface area contributed by atoms with Crippen molar-refractivity contribution in [1.82, 2.24) is 24.8 Å². The Balaban J connectivity index is 1.45. The third-order valence-corrected chi connectivity index (χ3v) is 5.37. The van der Waals surface area contributed by atoms with E-state index >= 15 is 0 Å². The first-order chi connectivity index (χ1) is 11.7. The first kappa shape index (κ1) is 15.4. The van der Waals surface area contributed by atoms with Gasteiger partial charge in [-0.1, -0.05) is 19.3 Å². The number of urea groups is 1. The number of hydrogen-bond acceptors (Lipinski definition) is 3. The number of carbonyl (C=O) groups excluding carboxylic acids is 1. The number of amides is 2. The van der Waals surface area contributed by atoms with E-state index in [1.807, 2.05) is 30.2 Å². The van der Waals surface area contributed by atoms with E-state index in [4.69, 9.17) is 0 Å². The van der Waals surface area contributed by atoms with Gasteiger partial charge < -0.3 is 14.8 Å². The van der Waals surface area contributed by atoms with Crippen LogP contribution >= 0.6 is 0 Å². The number of carbonyl (C=O) groups is 1. The maximum atomic E-state index is 12.6. The second kappa shape index (κ2) is 6.42. The van der Waals surface area contributed by atoms with Gasteiger partial charge in [0.25, 0.3) is 0 Å². The van der Waals surface area contributed by atoms with Gasteiger partial charge in [-0.05, 0) is 38.3 Å². The molecule has 2 aromatic rings. The minimum absolute atomic E-state index is 0.0967. The highest BCUT2D eigenvalue weighted by molar-refractivity contribution is 5.75. The van der Waals surface area contributed by atoms with E-state index in [9.17, 15) is 4.79 Å². The van der Waals surface area contributed by atoms with Crippen molar-refractivity contribution in [2.75, 3.05) is 13.1 Å². The van der Waals surface area contributed by atoms with E-state index < -0.39 is 0 Å². The molecule has 24 heavy (non-hydrogen) atoms. The Morgan fingerprint density at radius 1 is 1.25 bits per heavy atom. The molecule has 0 unspecified atom stereocenters. The Bertz CT molecular complexity index is 734. The van der Waals surface area contributed by atoms with E-state index in [0.29, 0.717) is 6.04 Å². The molecule has 0 spiro atoms. The molecule has 2 fully saturated rings. The predicted molar refractivity (Wildman–Crippen MR) is 92.9 cm³/mol. The number of hydrogen-bond donors (Lipinski definition) is 1. The fourth-order valence-electron chi connectivity index (χ4n) is 4.13. The Labute approximate surface area is 142 Å². The van der Waals surface area contributed by atoms with Crippen LogP contribution in [0.2, 0.25) is 0 Å². The number of fused-ring (bicyclic) bond motifs is 1. The van der Waals surface area contributed by atoms with Crippen LogP contribution in [0.5, 0.6) is 0 Å². The number of pyridine rings is 1. The van der Waals surface area contributed by atoms with Crippen molar-refractivity contribution in [2.45, 2.75) is 57.5 Å². The lowest BCUT2D eigenvalue weighted by Crippen LogP contribution is -2.44. The smallest absolute Gasteiger partial charge is 0.317 e. The zero-order valence-corrected chi connectivity index (χ0v) is 14.2. The summed E-state index contributed by atoms with van der Waals surface area (Å²) in [6.07, 6.45) is 8.79. The molecule has 2 aliphatic rings. The Hall–Kier alpha value is -2.11. The average molecular weight is 327 g/mol. The van der Waals surface area contributed by atoms with Crippen LogP contribution in [0.15, 0.2) is 18.3 Å². The molecule has 1 atom stereocenters. The maximum Gasteiger partial charge on any atom is 0.317 e. The first-order valence-corrected chi connectivity index (χ1v) is 9.07. The summed E-state index contributed by atoms with van der Waals surface area (Å²) in [7, 11) is 0.